The fourth-order valence-corrected chi connectivity index (χ4v) is 4.56. The SMILES string of the molecule is Cc1cccc(-c2cn(C)nc2C(=O)N2CC(F)(F)C[C@@H](C)[C@H]2CNc2ccc(C(F)(F)F)cn2)c1. The Morgan fingerprint density at radius 2 is 1.97 bits per heavy atom. The van der Waals surface area contributed by atoms with Crippen molar-refractivity contribution in [1.82, 2.24) is 19.7 Å². The summed E-state index contributed by atoms with van der Waals surface area (Å²) in [5.41, 5.74) is 1.41. The van der Waals surface area contributed by atoms with Gasteiger partial charge in [0.25, 0.3) is 11.8 Å². The number of likely N-dealkylation sites (tertiary alicyclic amines) is 1. The van der Waals surface area contributed by atoms with Crippen molar-refractivity contribution in [2.75, 3.05) is 18.4 Å². The summed E-state index contributed by atoms with van der Waals surface area (Å²) in [7, 11) is 1.65. The van der Waals surface area contributed by atoms with Crippen LogP contribution in [-0.4, -0.2) is 50.6 Å². The molecule has 3 heterocycles. The van der Waals surface area contributed by atoms with Crippen LogP contribution in [0.4, 0.5) is 27.8 Å². The third-order valence-corrected chi connectivity index (χ3v) is 6.28. The highest BCUT2D eigenvalue weighted by molar-refractivity contribution is 5.99. The number of anilines is 1. The monoisotopic (exact) mass is 507 g/mol. The summed E-state index contributed by atoms with van der Waals surface area (Å²) in [6, 6.07) is 8.86. The molecule has 1 aliphatic heterocycles. The van der Waals surface area contributed by atoms with E-state index in [0.717, 1.165) is 22.1 Å². The zero-order valence-electron chi connectivity index (χ0n) is 20.0. The standard InChI is InChI=1S/C25H26F5N5O/c1-15-5-4-6-17(9-15)19-13-34(3)33-22(19)23(36)35-14-24(26,27)10-16(2)20(35)12-32-21-8-7-18(11-31-21)25(28,29)30/h4-9,11,13,16,20H,10,12,14H2,1-3H3,(H,31,32)/t16-,20-/m1/s1. The maximum absolute atomic E-state index is 14.6. The highest BCUT2D eigenvalue weighted by Crippen LogP contribution is 2.36. The first-order chi connectivity index (χ1) is 16.8. The van der Waals surface area contributed by atoms with Crippen molar-refractivity contribution in [3.8, 4) is 11.1 Å². The molecule has 192 valence electrons. The van der Waals surface area contributed by atoms with Gasteiger partial charge in [-0.25, -0.2) is 13.8 Å². The van der Waals surface area contributed by atoms with E-state index in [4.69, 9.17) is 0 Å². The van der Waals surface area contributed by atoms with E-state index in [1.165, 1.54) is 10.7 Å². The quantitative estimate of drug-likeness (QED) is 0.470. The minimum atomic E-state index is -4.52. The Morgan fingerprint density at radius 1 is 1.22 bits per heavy atom. The van der Waals surface area contributed by atoms with Crippen LogP contribution in [-0.2, 0) is 13.2 Å². The number of carbonyl (C=O) groups is 1. The highest BCUT2D eigenvalue weighted by atomic mass is 19.4. The normalized spacial score (nSPS) is 19.8. The number of nitrogens with one attached hydrogen (secondary N) is 1. The first-order valence-electron chi connectivity index (χ1n) is 11.4. The number of hydrogen-bond donors (Lipinski definition) is 1. The van der Waals surface area contributed by atoms with Crippen LogP contribution in [0.3, 0.4) is 0 Å². The molecule has 36 heavy (non-hydrogen) atoms. The molecule has 11 heteroatoms. The van der Waals surface area contributed by atoms with Crippen molar-refractivity contribution in [2.45, 2.75) is 38.4 Å². The summed E-state index contributed by atoms with van der Waals surface area (Å²) in [4.78, 5) is 18.5. The molecule has 0 spiro atoms. The summed E-state index contributed by atoms with van der Waals surface area (Å²) in [6.45, 7) is 2.78. The van der Waals surface area contributed by atoms with E-state index in [-0.39, 0.29) is 18.1 Å². The molecule has 1 fully saturated rings. The van der Waals surface area contributed by atoms with Crippen LogP contribution in [0.1, 0.15) is 35.0 Å². The number of halogens is 5. The highest BCUT2D eigenvalue weighted by Gasteiger charge is 2.46. The average molecular weight is 508 g/mol. The minimum Gasteiger partial charge on any atom is -0.368 e. The number of rotatable bonds is 5. The lowest BCUT2D eigenvalue weighted by molar-refractivity contribution is -0.137. The Bertz CT molecular complexity index is 1240. The molecule has 2 atom stereocenters. The lowest BCUT2D eigenvalue weighted by Gasteiger charge is -2.43. The minimum absolute atomic E-state index is 0.0357. The van der Waals surface area contributed by atoms with Crippen molar-refractivity contribution >= 4 is 11.7 Å². The van der Waals surface area contributed by atoms with E-state index in [9.17, 15) is 26.7 Å². The molecule has 1 saturated heterocycles. The summed E-state index contributed by atoms with van der Waals surface area (Å²) in [6.07, 6.45) is -2.56. The molecule has 0 saturated carbocycles. The lowest BCUT2D eigenvalue weighted by Crippen LogP contribution is -2.57. The smallest absolute Gasteiger partial charge is 0.368 e. The van der Waals surface area contributed by atoms with Gasteiger partial charge in [0.2, 0.25) is 0 Å². The van der Waals surface area contributed by atoms with Crippen LogP contribution in [0.5, 0.6) is 0 Å². The first kappa shape index (κ1) is 25.6. The Kier molecular flexibility index (Phi) is 6.76. The van der Waals surface area contributed by atoms with Gasteiger partial charge in [-0.3, -0.25) is 9.48 Å². The first-order valence-corrected chi connectivity index (χ1v) is 11.4. The van der Waals surface area contributed by atoms with E-state index in [2.05, 4.69) is 15.4 Å². The number of piperidine rings is 1. The van der Waals surface area contributed by atoms with E-state index >= 15 is 0 Å². The van der Waals surface area contributed by atoms with Crippen molar-refractivity contribution in [3.63, 3.8) is 0 Å². The molecule has 1 N–H and O–H groups in total. The molecular formula is C25H26F5N5O. The van der Waals surface area contributed by atoms with Crippen LogP contribution >= 0.6 is 0 Å². The number of benzene rings is 1. The van der Waals surface area contributed by atoms with E-state index < -0.39 is 48.5 Å². The van der Waals surface area contributed by atoms with Gasteiger partial charge >= 0.3 is 6.18 Å². The Hall–Kier alpha value is -3.50. The topological polar surface area (TPSA) is 63.1 Å². The second-order valence-electron chi connectivity index (χ2n) is 9.28. The third-order valence-electron chi connectivity index (χ3n) is 6.28. The van der Waals surface area contributed by atoms with Gasteiger partial charge in [0.15, 0.2) is 5.69 Å². The Morgan fingerprint density at radius 3 is 2.61 bits per heavy atom. The van der Waals surface area contributed by atoms with Gasteiger partial charge in [0.05, 0.1) is 18.2 Å². The molecular weight excluding hydrogens is 481 g/mol. The number of aromatic nitrogens is 3. The summed E-state index contributed by atoms with van der Waals surface area (Å²) >= 11 is 0. The molecule has 0 aliphatic carbocycles. The van der Waals surface area contributed by atoms with Crippen LogP contribution in [0, 0.1) is 12.8 Å². The summed E-state index contributed by atoms with van der Waals surface area (Å²) in [5, 5.41) is 7.19. The van der Waals surface area contributed by atoms with Gasteiger partial charge in [-0.15, -0.1) is 0 Å². The van der Waals surface area contributed by atoms with Crippen molar-refractivity contribution in [3.05, 3.63) is 65.6 Å². The largest absolute Gasteiger partial charge is 0.417 e. The van der Waals surface area contributed by atoms with Gasteiger partial charge in [-0.05, 0) is 30.5 Å². The molecule has 4 rings (SSSR count). The van der Waals surface area contributed by atoms with Gasteiger partial charge in [0.1, 0.15) is 5.82 Å². The summed E-state index contributed by atoms with van der Waals surface area (Å²) in [5.74, 6) is -4.16. The number of pyridine rings is 1. The predicted molar refractivity (Wildman–Crippen MR) is 125 cm³/mol. The summed E-state index contributed by atoms with van der Waals surface area (Å²) < 4.78 is 69.1. The average Bonchev–Trinajstić information content (AvgIpc) is 3.18. The van der Waals surface area contributed by atoms with Gasteiger partial charge in [-0.2, -0.15) is 18.3 Å². The van der Waals surface area contributed by atoms with Crippen molar-refractivity contribution in [2.24, 2.45) is 13.0 Å². The third kappa shape index (κ3) is 5.50. The molecule has 6 nitrogen and oxygen atoms in total. The number of carbonyl (C=O) groups excluding carboxylic acids is 1. The number of aryl methyl sites for hydroxylation is 2. The van der Waals surface area contributed by atoms with Crippen LogP contribution in [0.2, 0.25) is 0 Å². The molecule has 0 bridgehead atoms. The Balaban J connectivity index is 1.61. The molecule has 3 aromatic rings. The zero-order chi connectivity index (χ0) is 26.3. The van der Waals surface area contributed by atoms with E-state index in [0.29, 0.717) is 11.8 Å². The molecule has 1 amide bonds. The van der Waals surface area contributed by atoms with Gasteiger partial charge < -0.3 is 10.2 Å². The molecule has 1 aromatic carbocycles. The number of nitrogens with zero attached hydrogens (tertiary/aromatic N) is 4. The second-order valence-corrected chi connectivity index (χ2v) is 9.28. The molecule has 1 aliphatic rings. The Labute approximate surface area is 205 Å². The number of hydrogen-bond acceptors (Lipinski definition) is 4. The lowest BCUT2D eigenvalue weighted by atomic mass is 9.88. The van der Waals surface area contributed by atoms with E-state index in [1.54, 1.807) is 20.2 Å². The molecule has 0 radical (unpaired) electrons. The van der Waals surface area contributed by atoms with Crippen LogP contribution < -0.4 is 5.32 Å². The fraction of sp³-hybridized carbons (Fsp3) is 0.400. The van der Waals surface area contributed by atoms with Gasteiger partial charge in [-0.1, -0.05) is 36.8 Å². The second kappa shape index (κ2) is 9.51. The van der Waals surface area contributed by atoms with Crippen LogP contribution in [0.15, 0.2) is 48.8 Å². The maximum Gasteiger partial charge on any atom is 0.417 e. The van der Waals surface area contributed by atoms with Crippen molar-refractivity contribution in [1.29, 1.82) is 0 Å². The van der Waals surface area contributed by atoms with E-state index in [1.807, 2.05) is 31.2 Å². The number of amides is 1. The predicted octanol–water partition coefficient (Wildman–Crippen LogP) is 5.41. The zero-order valence-corrected chi connectivity index (χ0v) is 20.0. The van der Waals surface area contributed by atoms with Crippen molar-refractivity contribution < 1.29 is 26.7 Å². The fourth-order valence-electron chi connectivity index (χ4n) is 4.56. The molecule has 2 aromatic heterocycles. The molecule has 0 unspecified atom stereocenters. The maximum atomic E-state index is 14.6. The van der Waals surface area contributed by atoms with Gasteiger partial charge in [0, 0.05) is 38.0 Å². The van der Waals surface area contributed by atoms with Crippen LogP contribution in [0.25, 0.3) is 11.1 Å². The number of alkyl halides is 5.